The number of halogens is 2. The normalized spacial score (nSPS) is 11.0. The Morgan fingerprint density at radius 3 is 1.27 bits per heavy atom. The van der Waals surface area contributed by atoms with Crippen molar-refractivity contribution in [2.75, 3.05) is 49.9 Å². The number of hydrogen-bond donors (Lipinski definition) is 4. The predicted octanol–water partition coefficient (Wildman–Crippen LogP) is 9.17. The Morgan fingerprint density at radius 1 is 0.463 bits per heavy atom. The average molecular weight is 626 g/mol. The lowest BCUT2D eigenvalue weighted by molar-refractivity contribution is 0.583. The minimum absolute atomic E-state index is 0.752. The first-order chi connectivity index (χ1) is 20.2. The summed E-state index contributed by atoms with van der Waals surface area (Å²) in [5.41, 5.74) is 2.18. The summed E-state index contributed by atoms with van der Waals surface area (Å²) < 4.78 is 0. The van der Waals surface area contributed by atoms with E-state index in [0.717, 1.165) is 80.0 Å². The Bertz CT molecular complexity index is 1210. The molecule has 0 spiro atoms. The standard InChI is InChI=1S/C33H38Cl2N4S2/c34-26-14-16-32(40-28-10-3-1-4-11-28)30(24-26)38-22-8-20-36-18-7-19-37-21-9-23-39-31-25-27(35)15-17-33(31)41-29-12-5-2-6-13-29/h1-6,10-17,24-25,36-39H,7-9,18-23H2. The first-order valence-electron chi connectivity index (χ1n) is 14.1. The molecule has 0 heterocycles. The molecular formula is C33H38Cl2N4S2. The van der Waals surface area contributed by atoms with Crippen molar-refractivity contribution >= 4 is 58.1 Å². The second-order valence-electron chi connectivity index (χ2n) is 9.53. The molecule has 0 aromatic heterocycles. The minimum Gasteiger partial charge on any atom is -0.384 e. The van der Waals surface area contributed by atoms with Crippen LogP contribution in [-0.2, 0) is 0 Å². The highest BCUT2D eigenvalue weighted by Crippen LogP contribution is 2.36. The molecule has 0 radical (unpaired) electrons. The second kappa shape index (κ2) is 18.3. The molecule has 0 saturated carbocycles. The minimum atomic E-state index is 0.752. The Kier molecular flexibility index (Phi) is 14.1. The van der Waals surface area contributed by atoms with Crippen LogP contribution in [0.15, 0.2) is 117 Å². The summed E-state index contributed by atoms with van der Waals surface area (Å²) in [5.74, 6) is 0. The Balaban J connectivity index is 1.03. The summed E-state index contributed by atoms with van der Waals surface area (Å²) in [5, 5.41) is 15.7. The third-order valence-corrected chi connectivity index (χ3v) is 8.86. The molecule has 216 valence electrons. The largest absolute Gasteiger partial charge is 0.384 e. The van der Waals surface area contributed by atoms with Crippen LogP contribution in [0.4, 0.5) is 11.4 Å². The van der Waals surface area contributed by atoms with Crippen molar-refractivity contribution < 1.29 is 0 Å². The molecule has 8 heteroatoms. The van der Waals surface area contributed by atoms with Crippen molar-refractivity contribution in [1.29, 1.82) is 0 Å². The maximum absolute atomic E-state index is 6.26. The fourth-order valence-electron chi connectivity index (χ4n) is 4.15. The van der Waals surface area contributed by atoms with Crippen LogP contribution in [0.5, 0.6) is 0 Å². The van der Waals surface area contributed by atoms with E-state index in [4.69, 9.17) is 23.2 Å². The molecule has 0 aliphatic carbocycles. The second-order valence-corrected chi connectivity index (χ2v) is 12.6. The van der Waals surface area contributed by atoms with Gasteiger partial charge in [-0.1, -0.05) is 83.1 Å². The van der Waals surface area contributed by atoms with Gasteiger partial charge in [0.1, 0.15) is 0 Å². The Morgan fingerprint density at radius 2 is 0.854 bits per heavy atom. The van der Waals surface area contributed by atoms with Gasteiger partial charge in [0.15, 0.2) is 0 Å². The lowest BCUT2D eigenvalue weighted by Crippen LogP contribution is -2.25. The average Bonchev–Trinajstić information content (AvgIpc) is 2.99. The molecule has 0 bridgehead atoms. The van der Waals surface area contributed by atoms with Gasteiger partial charge >= 0.3 is 0 Å². The lowest BCUT2D eigenvalue weighted by Gasteiger charge is -2.13. The molecule has 0 amide bonds. The van der Waals surface area contributed by atoms with E-state index in [-0.39, 0.29) is 0 Å². The van der Waals surface area contributed by atoms with Crippen molar-refractivity contribution in [3.05, 3.63) is 107 Å². The van der Waals surface area contributed by atoms with Crippen LogP contribution >= 0.6 is 46.7 Å². The van der Waals surface area contributed by atoms with Crippen LogP contribution in [0.3, 0.4) is 0 Å². The summed E-state index contributed by atoms with van der Waals surface area (Å²) >= 11 is 16.0. The number of nitrogens with one attached hydrogen (secondary N) is 4. The highest BCUT2D eigenvalue weighted by Gasteiger charge is 2.07. The molecule has 4 nitrogen and oxygen atoms in total. The molecular weight excluding hydrogens is 587 g/mol. The summed E-state index contributed by atoms with van der Waals surface area (Å²) in [6, 6.07) is 32.9. The molecule has 0 fully saturated rings. The third-order valence-electron chi connectivity index (χ3n) is 6.22. The molecule has 0 atom stereocenters. The van der Waals surface area contributed by atoms with Crippen molar-refractivity contribution in [3.8, 4) is 0 Å². The third kappa shape index (κ3) is 11.8. The van der Waals surface area contributed by atoms with Crippen LogP contribution in [0.1, 0.15) is 19.3 Å². The SMILES string of the molecule is Clc1ccc(Sc2ccccc2)c(NCCCNCCCNCCCNc2cc(Cl)ccc2Sc2ccccc2)c1. The lowest BCUT2D eigenvalue weighted by atomic mass is 10.3. The van der Waals surface area contributed by atoms with Crippen LogP contribution in [0, 0.1) is 0 Å². The van der Waals surface area contributed by atoms with E-state index in [1.165, 1.54) is 19.6 Å². The predicted molar refractivity (Wildman–Crippen MR) is 181 cm³/mol. The zero-order valence-corrected chi connectivity index (χ0v) is 26.3. The number of anilines is 2. The molecule has 0 aliphatic rings. The number of hydrogen-bond acceptors (Lipinski definition) is 6. The fourth-order valence-corrected chi connectivity index (χ4v) is 6.34. The van der Waals surface area contributed by atoms with E-state index >= 15 is 0 Å². The topological polar surface area (TPSA) is 48.1 Å². The van der Waals surface area contributed by atoms with Crippen LogP contribution < -0.4 is 21.3 Å². The van der Waals surface area contributed by atoms with Gasteiger partial charge in [-0.15, -0.1) is 0 Å². The van der Waals surface area contributed by atoms with Crippen LogP contribution in [0.2, 0.25) is 10.0 Å². The van der Waals surface area contributed by atoms with Crippen molar-refractivity contribution in [2.45, 2.75) is 38.8 Å². The highest BCUT2D eigenvalue weighted by atomic mass is 35.5. The van der Waals surface area contributed by atoms with Gasteiger partial charge in [0.25, 0.3) is 0 Å². The molecule has 4 rings (SSSR count). The Labute approximate surface area is 263 Å². The number of benzene rings is 4. The molecule has 0 aliphatic heterocycles. The molecule has 41 heavy (non-hydrogen) atoms. The number of rotatable bonds is 18. The van der Waals surface area contributed by atoms with Crippen molar-refractivity contribution in [3.63, 3.8) is 0 Å². The maximum atomic E-state index is 6.26. The maximum Gasteiger partial charge on any atom is 0.0496 e. The van der Waals surface area contributed by atoms with E-state index in [0.29, 0.717) is 0 Å². The first kappa shape index (κ1) is 31.6. The quantitative estimate of drug-likeness (QED) is 0.0828. The van der Waals surface area contributed by atoms with Gasteiger partial charge in [0.2, 0.25) is 0 Å². The summed E-state index contributed by atoms with van der Waals surface area (Å²) in [7, 11) is 0. The monoisotopic (exact) mass is 624 g/mol. The van der Waals surface area contributed by atoms with Gasteiger partial charge in [-0.3, -0.25) is 0 Å². The molecule has 4 aromatic rings. The van der Waals surface area contributed by atoms with Gasteiger partial charge in [0, 0.05) is 54.1 Å². The van der Waals surface area contributed by atoms with E-state index in [1.807, 2.05) is 36.4 Å². The van der Waals surface area contributed by atoms with Crippen LogP contribution in [0.25, 0.3) is 0 Å². The van der Waals surface area contributed by atoms with E-state index in [2.05, 4.69) is 81.9 Å². The van der Waals surface area contributed by atoms with Crippen molar-refractivity contribution in [1.82, 2.24) is 10.6 Å². The summed E-state index contributed by atoms with van der Waals surface area (Å²) in [4.78, 5) is 4.82. The van der Waals surface area contributed by atoms with Gasteiger partial charge in [-0.05, 0) is 106 Å². The van der Waals surface area contributed by atoms with E-state index < -0.39 is 0 Å². The molecule has 0 unspecified atom stereocenters. The zero-order valence-electron chi connectivity index (χ0n) is 23.2. The zero-order chi connectivity index (χ0) is 28.5. The van der Waals surface area contributed by atoms with Gasteiger partial charge in [-0.2, -0.15) is 0 Å². The Hall–Kier alpha value is -2.32. The summed E-state index contributed by atoms with van der Waals surface area (Å²) in [6.07, 6.45) is 3.21. The smallest absolute Gasteiger partial charge is 0.0496 e. The highest BCUT2D eigenvalue weighted by molar-refractivity contribution is 7.99. The van der Waals surface area contributed by atoms with E-state index in [1.54, 1.807) is 23.5 Å². The summed E-state index contributed by atoms with van der Waals surface area (Å²) in [6.45, 7) is 5.81. The molecule has 0 saturated heterocycles. The first-order valence-corrected chi connectivity index (χ1v) is 16.5. The van der Waals surface area contributed by atoms with Crippen molar-refractivity contribution in [2.24, 2.45) is 0 Å². The van der Waals surface area contributed by atoms with Gasteiger partial charge < -0.3 is 21.3 Å². The fraction of sp³-hybridized carbons (Fsp3) is 0.273. The van der Waals surface area contributed by atoms with E-state index in [9.17, 15) is 0 Å². The van der Waals surface area contributed by atoms with Gasteiger partial charge in [0.05, 0.1) is 0 Å². The molecule has 4 N–H and O–H groups in total. The molecule has 4 aromatic carbocycles. The van der Waals surface area contributed by atoms with Gasteiger partial charge in [-0.25, -0.2) is 0 Å². The van der Waals surface area contributed by atoms with Crippen LogP contribution in [-0.4, -0.2) is 39.3 Å².